The van der Waals surface area contributed by atoms with Gasteiger partial charge in [0.15, 0.2) is 0 Å². The predicted octanol–water partition coefficient (Wildman–Crippen LogP) is 2.21. The van der Waals surface area contributed by atoms with Crippen LogP contribution >= 0.6 is 11.6 Å². The summed E-state index contributed by atoms with van der Waals surface area (Å²) in [5.41, 5.74) is 0.387. The molecule has 6 heteroatoms. The Morgan fingerprint density at radius 1 is 1.45 bits per heavy atom. The van der Waals surface area contributed by atoms with Gasteiger partial charge in [0.1, 0.15) is 0 Å². The van der Waals surface area contributed by atoms with Gasteiger partial charge in [0.2, 0.25) is 0 Å². The number of amides is 1. The third-order valence-electron chi connectivity index (χ3n) is 4.92. The van der Waals surface area contributed by atoms with Gasteiger partial charge in [-0.2, -0.15) is 0 Å². The Hall–Kier alpha value is -1.59. The molecule has 2 heterocycles. The fraction of sp³-hybridized carbons (Fsp3) is 0.500. The molecule has 1 amide bonds. The number of benzene rings is 1. The second-order valence-electron chi connectivity index (χ2n) is 6.08. The van der Waals surface area contributed by atoms with Gasteiger partial charge in [-0.25, -0.2) is 0 Å². The molecular formula is C16H18ClNO4. The van der Waals surface area contributed by atoms with E-state index < -0.39 is 11.4 Å². The first-order chi connectivity index (χ1) is 10.5. The van der Waals surface area contributed by atoms with E-state index in [0.717, 1.165) is 5.56 Å². The minimum Gasteiger partial charge on any atom is -0.481 e. The molecule has 0 aliphatic carbocycles. The smallest absolute Gasteiger partial charge is 0.311 e. The summed E-state index contributed by atoms with van der Waals surface area (Å²) >= 11 is 6.08. The molecule has 0 unspecified atom stereocenters. The molecule has 0 radical (unpaired) electrons. The first-order valence-electron chi connectivity index (χ1n) is 7.31. The SMILES string of the molecule is Cc1c(Cl)cccc1C(=O)N1C[C@H]2COCC[C@@]2(C(=O)O)C1. The van der Waals surface area contributed by atoms with E-state index in [9.17, 15) is 14.7 Å². The van der Waals surface area contributed by atoms with Gasteiger partial charge in [0.25, 0.3) is 5.91 Å². The Morgan fingerprint density at radius 3 is 2.91 bits per heavy atom. The number of nitrogens with zero attached hydrogens (tertiary/aromatic N) is 1. The highest BCUT2D eigenvalue weighted by Gasteiger charge is 2.55. The number of ether oxygens (including phenoxy) is 1. The maximum Gasteiger partial charge on any atom is 0.311 e. The first-order valence-corrected chi connectivity index (χ1v) is 7.69. The Kier molecular flexibility index (Phi) is 3.87. The van der Waals surface area contributed by atoms with Crippen LogP contribution in [0, 0.1) is 18.3 Å². The summed E-state index contributed by atoms with van der Waals surface area (Å²) in [5.74, 6) is -1.14. The summed E-state index contributed by atoms with van der Waals surface area (Å²) in [7, 11) is 0. The molecule has 2 atom stereocenters. The van der Waals surface area contributed by atoms with E-state index in [0.29, 0.717) is 36.8 Å². The predicted molar refractivity (Wildman–Crippen MR) is 81.1 cm³/mol. The molecule has 5 nitrogen and oxygen atoms in total. The fourth-order valence-electron chi connectivity index (χ4n) is 3.46. The molecule has 118 valence electrons. The van der Waals surface area contributed by atoms with Gasteiger partial charge in [0.05, 0.1) is 12.0 Å². The zero-order valence-electron chi connectivity index (χ0n) is 12.3. The van der Waals surface area contributed by atoms with E-state index in [4.69, 9.17) is 16.3 Å². The molecule has 2 fully saturated rings. The summed E-state index contributed by atoms with van der Waals surface area (Å²) in [6, 6.07) is 5.21. The van der Waals surface area contributed by atoms with Crippen molar-refractivity contribution in [2.45, 2.75) is 13.3 Å². The molecule has 2 aliphatic heterocycles. The highest BCUT2D eigenvalue weighted by atomic mass is 35.5. The summed E-state index contributed by atoms with van der Waals surface area (Å²) < 4.78 is 5.41. The quantitative estimate of drug-likeness (QED) is 0.906. The number of hydrogen-bond acceptors (Lipinski definition) is 3. The van der Waals surface area contributed by atoms with Crippen LogP contribution in [-0.2, 0) is 9.53 Å². The van der Waals surface area contributed by atoms with Crippen molar-refractivity contribution in [1.29, 1.82) is 0 Å². The minimum atomic E-state index is -0.875. The number of hydrogen-bond donors (Lipinski definition) is 1. The van der Waals surface area contributed by atoms with Crippen LogP contribution in [0.5, 0.6) is 0 Å². The zero-order valence-corrected chi connectivity index (χ0v) is 13.1. The van der Waals surface area contributed by atoms with Crippen molar-refractivity contribution < 1.29 is 19.4 Å². The van der Waals surface area contributed by atoms with Crippen LogP contribution in [0.25, 0.3) is 0 Å². The lowest BCUT2D eigenvalue weighted by molar-refractivity contribution is -0.157. The molecule has 22 heavy (non-hydrogen) atoms. The Bertz CT molecular complexity index is 633. The van der Waals surface area contributed by atoms with Gasteiger partial charge in [-0.3, -0.25) is 9.59 Å². The average Bonchev–Trinajstić information content (AvgIpc) is 2.90. The molecule has 0 saturated carbocycles. The van der Waals surface area contributed by atoms with Crippen LogP contribution in [-0.4, -0.2) is 48.2 Å². The summed E-state index contributed by atoms with van der Waals surface area (Å²) in [6.07, 6.45) is 0.450. The topological polar surface area (TPSA) is 66.8 Å². The Morgan fingerprint density at radius 2 is 2.23 bits per heavy atom. The van der Waals surface area contributed by atoms with Crippen molar-refractivity contribution in [3.05, 3.63) is 34.3 Å². The van der Waals surface area contributed by atoms with Gasteiger partial charge >= 0.3 is 5.97 Å². The standard InChI is InChI=1S/C16H18ClNO4/c1-10-12(3-2-4-13(10)17)14(19)18-7-11-8-22-6-5-16(11,9-18)15(20)21/h2-4,11H,5-9H2,1H3,(H,20,21)/t11-,16+/m0/s1. The number of carbonyl (C=O) groups excluding carboxylic acids is 1. The lowest BCUT2D eigenvalue weighted by atomic mass is 9.74. The second-order valence-corrected chi connectivity index (χ2v) is 6.49. The number of carboxylic acids is 1. The maximum absolute atomic E-state index is 12.8. The number of fused-ring (bicyclic) bond motifs is 1. The first kappa shape index (κ1) is 15.3. The number of halogens is 1. The number of likely N-dealkylation sites (tertiary alicyclic amines) is 1. The molecule has 2 aliphatic rings. The van der Waals surface area contributed by atoms with Gasteiger partial charge in [-0.15, -0.1) is 0 Å². The van der Waals surface area contributed by atoms with Crippen LogP contribution in [0.4, 0.5) is 0 Å². The van der Waals surface area contributed by atoms with Gasteiger partial charge in [-0.1, -0.05) is 17.7 Å². The van der Waals surface area contributed by atoms with Crippen LogP contribution in [0.1, 0.15) is 22.3 Å². The van der Waals surface area contributed by atoms with Crippen molar-refractivity contribution in [2.24, 2.45) is 11.3 Å². The van der Waals surface area contributed by atoms with E-state index in [1.165, 1.54) is 0 Å². The van der Waals surface area contributed by atoms with Gasteiger partial charge < -0.3 is 14.7 Å². The van der Waals surface area contributed by atoms with E-state index in [2.05, 4.69) is 0 Å². The average molecular weight is 324 g/mol. The Balaban J connectivity index is 1.89. The monoisotopic (exact) mass is 323 g/mol. The van der Waals surface area contributed by atoms with Crippen molar-refractivity contribution in [2.75, 3.05) is 26.3 Å². The van der Waals surface area contributed by atoms with Crippen molar-refractivity contribution >= 4 is 23.5 Å². The van der Waals surface area contributed by atoms with Crippen LogP contribution in [0.2, 0.25) is 5.02 Å². The van der Waals surface area contributed by atoms with Gasteiger partial charge in [-0.05, 0) is 31.0 Å². The summed E-state index contributed by atoms with van der Waals surface area (Å²) in [5, 5.41) is 10.2. The lowest BCUT2D eigenvalue weighted by Crippen LogP contribution is -2.45. The number of carbonyl (C=O) groups is 2. The number of rotatable bonds is 2. The minimum absolute atomic E-state index is 0.151. The Labute approximate surface area is 133 Å². The highest BCUT2D eigenvalue weighted by Crippen LogP contribution is 2.43. The molecule has 3 rings (SSSR count). The number of carboxylic acid groups (broad SMARTS) is 1. The molecule has 0 aromatic heterocycles. The number of aliphatic carboxylic acids is 1. The molecule has 1 N–H and O–H groups in total. The molecule has 0 bridgehead atoms. The third kappa shape index (κ3) is 2.29. The van der Waals surface area contributed by atoms with Crippen molar-refractivity contribution in [3.63, 3.8) is 0 Å². The van der Waals surface area contributed by atoms with Crippen LogP contribution in [0.15, 0.2) is 18.2 Å². The molecular weight excluding hydrogens is 306 g/mol. The van der Waals surface area contributed by atoms with E-state index >= 15 is 0 Å². The lowest BCUT2D eigenvalue weighted by Gasteiger charge is -2.33. The third-order valence-corrected chi connectivity index (χ3v) is 5.33. The second kappa shape index (κ2) is 5.56. The maximum atomic E-state index is 12.8. The van der Waals surface area contributed by atoms with Crippen LogP contribution in [0.3, 0.4) is 0 Å². The van der Waals surface area contributed by atoms with E-state index in [1.54, 1.807) is 30.0 Å². The largest absolute Gasteiger partial charge is 0.481 e. The van der Waals surface area contributed by atoms with E-state index in [-0.39, 0.29) is 18.4 Å². The normalized spacial score (nSPS) is 27.5. The van der Waals surface area contributed by atoms with Crippen LogP contribution < -0.4 is 0 Å². The van der Waals surface area contributed by atoms with Gasteiger partial charge in [0, 0.05) is 36.2 Å². The molecule has 1 aromatic rings. The molecule has 1 aromatic carbocycles. The molecule has 0 spiro atoms. The fourth-order valence-corrected chi connectivity index (χ4v) is 3.64. The van der Waals surface area contributed by atoms with Crippen molar-refractivity contribution in [1.82, 2.24) is 4.90 Å². The highest BCUT2D eigenvalue weighted by molar-refractivity contribution is 6.31. The molecule has 2 saturated heterocycles. The van der Waals surface area contributed by atoms with E-state index in [1.807, 2.05) is 0 Å². The summed E-state index contributed by atoms with van der Waals surface area (Å²) in [4.78, 5) is 26.2. The van der Waals surface area contributed by atoms with Crippen molar-refractivity contribution in [3.8, 4) is 0 Å². The zero-order chi connectivity index (χ0) is 15.9. The summed E-state index contributed by atoms with van der Waals surface area (Å²) in [6.45, 7) is 3.28.